The van der Waals surface area contributed by atoms with E-state index in [0.717, 1.165) is 64.7 Å². The highest BCUT2D eigenvalue weighted by atomic mass is 32.2. The van der Waals surface area contributed by atoms with Gasteiger partial charge in [0.15, 0.2) is 11.4 Å². The molecule has 0 fully saturated rings. The Hall–Kier alpha value is -8.42. The van der Waals surface area contributed by atoms with E-state index in [-0.39, 0.29) is 21.7 Å². The van der Waals surface area contributed by atoms with Gasteiger partial charge in [0.2, 0.25) is 11.4 Å². The van der Waals surface area contributed by atoms with Crippen LogP contribution in [0.5, 0.6) is 0 Å². The average molecular weight is 1290 g/mol. The second kappa shape index (κ2) is 24.9. The molecule has 6 heteroatoms. The van der Waals surface area contributed by atoms with Gasteiger partial charge in [-0.3, -0.25) is 0 Å². The first kappa shape index (κ1) is 63.6. The van der Waals surface area contributed by atoms with Gasteiger partial charge in [-0.2, -0.15) is 9.15 Å². The Labute approximate surface area is 579 Å². The fraction of sp³-hybridized carbons (Fsp3) is 0.289. The normalized spacial score (nSPS) is 20.4. The van der Waals surface area contributed by atoms with Gasteiger partial charge in [-0.25, -0.2) is 0 Å². The Balaban J connectivity index is 0.818. The molecule has 0 unspecified atom stereocenters. The van der Waals surface area contributed by atoms with Crippen molar-refractivity contribution in [2.24, 2.45) is 0 Å². The van der Waals surface area contributed by atoms with Crippen LogP contribution in [0.15, 0.2) is 272 Å². The van der Waals surface area contributed by atoms with E-state index in [9.17, 15) is 0 Å². The molecule has 4 heterocycles. The second-order valence-electron chi connectivity index (χ2n) is 29.2. The molecule has 96 heavy (non-hydrogen) atoms. The van der Waals surface area contributed by atoms with Crippen LogP contribution in [0.3, 0.4) is 0 Å². The van der Waals surface area contributed by atoms with Crippen LogP contribution in [0.2, 0.25) is 0 Å². The number of thioether (sulfide) groups is 2. The first-order chi connectivity index (χ1) is 46.5. The number of hydrogen-bond donors (Lipinski definition) is 0. The fourth-order valence-corrected chi connectivity index (χ4v) is 20.0. The van der Waals surface area contributed by atoms with Gasteiger partial charge in [0.25, 0.3) is 0 Å². The third-order valence-electron chi connectivity index (χ3n) is 22.3. The van der Waals surface area contributed by atoms with E-state index < -0.39 is 0 Å². The van der Waals surface area contributed by atoms with Gasteiger partial charge in [-0.1, -0.05) is 185 Å². The van der Waals surface area contributed by atoms with Crippen molar-refractivity contribution in [1.82, 2.24) is 0 Å². The minimum absolute atomic E-state index is 0.179. The number of anilines is 2. The van der Waals surface area contributed by atoms with Crippen molar-refractivity contribution in [2.75, 3.05) is 36.0 Å². The van der Waals surface area contributed by atoms with E-state index in [4.69, 9.17) is 0 Å². The number of hydrogen-bond acceptors (Lipinski definition) is 4. The van der Waals surface area contributed by atoms with Crippen molar-refractivity contribution in [3.05, 3.63) is 284 Å². The van der Waals surface area contributed by atoms with Crippen molar-refractivity contribution in [1.29, 1.82) is 0 Å². The molecule has 9 aromatic carbocycles. The maximum Gasteiger partial charge on any atom is 0.210 e. The molecule has 0 aromatic heterocycles. The zero-order valence-corrected chi connectivity index (χ0v) is 60.1. The summed E-state index contributed by atoms with van der Waals surface area (Å²) in [7, 11) is 0. The molecule has 0 saturated carbocycles. The molecule has 6 aliphatic rings. The van der Waals surface area contributed by atoms with Crippen molar-refractivity contribution in [3.63, 3.8) is 0 Å². The minimum atomic E-state index is -0.179. The summed E-state index contributed by atoms with van der Waals surface area (Å²) in [5.41, 5.74) is 21.4. The van der Waals surface area contributed by atoms with Crippen molar-refractivity contribution >= 4 is 101 Å². The lowest BCUT2D eigenvalue weighted by Crippen LogP contribution is -2.27. The van der Waals surface area contributed by atoms with Gasteiger partial charge >= 0.3 is 0 Å². The first-order valence-corrected chi connectivity index (χ1v) is 37.2. The maximum absolute atomic E-state index is 2.57. The molecule has 9 aromatic rings. The zero-order chi connectivity index (χ0) is 66.4. The van der Waals surface area contributed by atoms with E-state index in [0.29, 0.717) is 0 Å². The largest absolute Gasteiger partial charge is 0.344 e. The van der Waals surface area contributed by atoms with E-state index in [1.54, 1.807) is 0 Å². The summed E-state index contributed by atoms with van der Waals surface area (Å²) in [5, 5.41) is 10.6. The van der Waals surface area contributed by atoms with Gasteiger partial charge in [0.1, 0.15) is 13.1 Å². The lowest BCUT2D eigenvalue weighted by Gasteiger charge is -2.27. The van der Waals surface area contributed by atoms with E-state index in [1.807, 2.05) is 23.5 Å². The van der Waals surface area contributed by atoms with Crippen LogP contribution in [0.25, 0.3) is 43.1 Å². The molecule has 4 nitrogen and oxygen atoms in total. The van der Waals surface area contributed by atoms with Crippen LogP contribution < -0.4 is 9.80 Å². The van der Waals surface area contributed by atoms with Crippen LogP contribution in [-0.2, 0) is 21.7 Å². The number of fused-ring (bicyclic) bond motifs is 12. The molecule has 0 bridgehead atoms. The smallest absolute Gasteiger partial charge is 0.210 e. The Morgan fingerprint density at radius 3 is 1.06 bits per heavy atom. The lowest BCUT2D eigenvalue weighted by atomic mass is 9.78. The lowest BCUT2D eigenvalue weighted by molar-refractivity contribution is -0.433. The third-order valence-corrected chi connectivity index (χ3v) is 24.7. The third kappa shape index (κ3) is 10.5. The molecule has 4 aliphatic heterocycles. The van der Waals surface area contributed by atoms with Crippen molar-refractivity contribution in [2.45, 2.75) is 153 Å². The van der Waals surface area contributed by atoms with E-state index in [1.165, 1.54) is 153 Å². The molecule has 0 saturated heterocycles. The monoisotopic (exact) mass is 1290 g/mol. The highest BCUT2D eigenvalue weighted by Crippen LogP contribution is 2.54. The highest BCUT2D eigenvalue weighted by Gasteiger charge is 2.48. The summed E-state index contributed by atoms with van der Waals surface area (Å²) in [6.45, 7) is 32.4. The predicted octanol–water partition coefficient (Wildman–Crippen LogP) is 23.9. The average Bonchev–Trinajstić information content (AvgIpc) is 1.60. The molecule has 2 aliphatic carbocycles. The maximum atomic E-state index is 2.57. The standard InChI is InChI=1S/C90H92N4S2/c1-13-91-73-51-39-59-27-17-21-35-69(59)81(73)87(5,6)77(91)55-43-63-31-25-32-64(44-56-78-88(7,8)82-70-36-22-18-28-60(70)40-52-74(82)92(78)14-2)85(63)95-67-47-49-68(50-48-67)96-86-65(45-57-79-89(9,10)83-71-37-23-19-29-61(71)41-53-75(83)93(79)15-3)33-26-34-66(86)46-58-80-90(11,12)84-72-38-24-20-30-62(72)42-54-76(84)94(80)16-4/h17-24,27-30,35-58H,13-16,25-26,31-34H2,1-12H3/q+2. The summed E-state index contributed by atoms with van der Waals surface area (Å²) in [5.74, 6) is 0. The number of likely N-dealkylation sites (N-methyl/N-ethyl adjacent to an activating group) is 2. The molecular weight excluding hydrogens is 1200 g/mol. The van der Waals surface area contributed by atoms with E-state index >= 15 is 0 Å². The van der Waals surface area contributed by atoms with Crippen LogP contribution in [0.1, 0.15) is 144 Å². The number of nitrogens with zero attached hydrogens (tertiary/aromatic N) is 4. The second-order valence-corrected chi connectivity index (χ2v) is 31.4. The quantitative estimate of drug-likeness (QED) is 0.101. The Morgan fingerprint density at radius 2 is 0.708 bits per heavy atom. The van der Waals surface area contributed by atoms with Crippen LogP contribution >= 0.6 is 23.5 Å². The summed E-state index contributed by atoms with van der Waals surface area (Å²) < 4.78 is 5.14. The number of benzene rings is 9. The van der Waals surface area contributed by atoms with Crippen LogP contribution in [0.4, 0.5) is 22.7 Å². The molecule has 482 valence electrons. The molecule has 0 spiro atoms. The molecule has 15 rings (SSSR count). The summed E-state index contributed by atoms with van der Waals surface area (Å²) in [6, 6.07) is 64.1. The molecule has 0 amide bonds. The van der Waals surface area contributed by atoms with E-state index in [2.05, 4.69) is 321 Å². The van der Waals surface area contributed by atoms with Crippen molar-refractivity contribution in [3.8, 4) is 0 Å². The summed E-state index contributed by atoms with van der Waals surface area (Å²) in [6.07, 6.45) is 26.3. The first-order valence-electron chi connectivity index (χ1n) is 35.5. The Morgan fingerprint density at radius 1 is 0.365 bits per heavy atom. The van der Waals surface area contributed by atoms with Gasteiger partial charge in [0.05, 0.1) is 10.8 Å². The van der Waals surface area contributed by atoms with Gasteiger partial charge in [-0.05, 0) is 231 Å². The van der Waals surface area contributed by atoms with Crippen molar-refractivity contribution < 1.29 is 9.15 Å². The Kier molecular flexibility index (Phi) is 16.5. The molecule has 0 radical (unpaired) electrons. The minimum Gasteiger partial charge on any atom is -0.344 e. The predicted molar refractivity (Wildman–Crippen MR) is 415 cm³/mol. The van der Waals surface area contributed by atoms with Crippen LogP contribution in [0, 0.1) is 0 Å². The molecule has 0 atom stereocenters. The number of allylic oxidation sites excluding steroid dienone is 14. The van der Waals surface area contributed by atoms with Gasteiger partial charge in [0, 0.05) is 102 Å². The Bertz CT molecular complexity index is 4720. The van der Waals surface area contributed by atoms with Gasteiger partial charge < -0.3 is 9.80 Å². The van der Waals surface area contributed by atoms with Crippen LogP contribution in [-0.4, -0.2) is 46.8 Å². The summed E-state index contributed by atoms with van der Waals surface area (Å²) in [4.78, 5) is 10.4. The van der Waals surface area contributed by atoms with Gasteiger partial charge in [-0.15, -0.1) is 0 Å². The SMILES string of the molecule is CCN1/C(=C\C=C2/CCCC(/C=C/C3=[N+](CC)c4ccc5ccccc5c4C3(C)C)=C2Sc2ccc(SC3=C(/C=C/C4=[N+](CC)c5ccc6ccccc6c5C4(C)C)CCC/C3=C\C=C3\N(CC)c4ccc5ccccc5c4C3(C)C)cc2)C(C)(C)c2c1ccc1ccccc21. The number of rotatable bonds is 14. The fourth-order valence-electron chi connectivity index (χ4n) is 17.7. The topological polar surface area (TPSA) is 12.5 Å². The highest BCUT2D eigenvalue weighted by molar-refractivity contribution is 8.03. The zero-order valence-electron chi connectivity index (χ0n) is 58.5. The molecular formula is C90H92N4S2+2. The summed E-state index contributed by atoms with van der Waals surface area (Å²) >= 11 is 3.93. The molecule has 0 N–H and O–H groups in total.